The molecule has 0 fully saturated rings. The number of amides is 1. The normalized spacial score (nSPS) is 12.1. The third kappa shape index (κ3) is 7.01. The molecule has 0 aliphatic carbocycles. The van der Waals surface area contributed by atoms with Gasteiger partial charge in [-0.15, -0.1) is 0 Å². The van der Waals surface area contributed by atoms with Gasteiger partial charge in [-0.25, -0.2) is 17.2 Å². The summed E-state index contributed by atoms with van der Waals surface area (Å²) in [4.78, 5) is 12.2. The first kappa shape index (κ1) is 24.2. The summed E-state index contributed by atoms with van der Waals surface area (Å²) >= 11 is 0. The second kappa shape index (κ2) is 10.4. The third-order valence-electron chi connectivity index (χ3n) is 4.88. The number of rotatable bonds is 9. The number of benzene rings is 3. The third-order valence-corrected chi connectivity index (χ3v) is 6.02. The Balaban J connectivity index is 1.60. The van der Waals surface area contributed by atoms with E-state index in [2.05, 4.69) is 5.32 Å². The van der Waals surface area contributed by atoms with E-state index in [0.717, 1.165) is 11.8 Å². The molecule has 0 radical (unpaired) electrons. The van der Waals surface area contributed by atoms with Gasteiger partial charge in [0.15, 0.2) is 6.61 Å². The van der Waals surface area contributed by atoms with Crippen LogP contribution < -0.4 is 14.4 Å². The number of sulfonamides is 1. The predicted molar refractivity (Wildman–Crippen MR) is 122 cm³/mol. The van der Waals surface area contributed by atoms with Gasteiger partial charge in [0.1, 0.15) is 17.4 Å². The molecule has 0 heterocycles. The van der Waals surface area contributed by atoms with Crippen molar-refractivity contribution in [2.24, 2.45) is 0 Å². The van der Waals surface area contributed by atoms with Crippen LogP contribution in [0.15, 0.2) is 72.8 Å². The van der Waals surface area contributed by atoms with Crippen LogP contribution in [0.2, 0.25) is 0 Å². The first-order valence-electron chi connectivity index (χ1n) is 10.1. The summed E-state index contributed by atoms with van der Waals surface area (Å²) in [5.41, 5.74) is 1.80. The zero-order valence-electron chi connectivity index (χ0n) is 18.2. The van der Waals surface area contributed by atoms with Crippen LogP contribution >= 0.6 is 0 Å². The van der Waals surface area contributed by atoms with Gasteiger partial charge in [0.25, 0.3) is 5.91 Å². The number of ether oxygens (including phenoxy) is 1. The number of carbonyl (C=O) groups excluding carboxylic acids is 1. The van der Waals surface area contributed by atoms with E-state index in [4.69, 9.17) is 4.74 Å². The highest BCUT2D eigenvalue weighted by Crippen LogP contribution is 2.24. The molecule has 1 amide bonds. The van der Waals surface area contributed by atoms with Gasteiger partial charge in [0, 0.05) is 0 Å². The average molecular weight is 475 g/mol. The largest absolute Gasteiger partial charge is 0.484 e. The topological polar surface area (TPSA) is 75.7 Å². The fourth-order valence-electron chi connectivity index (χ4n) is 3.13. The van der Waals surface area contributed by atoms with Crippen LogP contribution in [0.5, 0.6) is 5.75 Å². The molecular formula is C24H24F2N2O4S. The van der Waals surface area contributed by atoms with E-state index in [0.29, 0.717) is 17.0 Å². The maximum Gasteiger partial charge on any atom is 0.258 e. The lowest BCUT2D eigenvalue weighted by Crippen LogP contribution is -2.31. The smallest absolute Gasteiger partial charge is 0.258 e. The first-order chi connectivity index (χ1) is 15.6. The Hall–Kier alpha value is -3.46. The van der Waals surface area contributed by atoms with Gasteiger partial charge in [-0.1, -0.05) is 24.3 Å². The van der Waals surface area contributed by atoms with Crippen LogP contribution in [0, 0.1) is 11.6 Å². The van der Waals surface area contributed by atoms with Gasteiger partial charge in [0.2, 0.25) is 10.0 Å². The Kier molecular flexibility index (Phi) is 7.65. The molecule has 1 N–H and O–H groups in total. The Bertz CT molecular complexity index is 1180. The zero-order chi connectivity index (χ0) is 24.0. The quantitative estimate of drug-likeness (QED) is 0.505. The van der Waals surface area contributed by atoms with Crippen molar-refractivity contribution in [3.05, 3.63) is 95.6 Å². The van der Waals surface area contributed by atoms with Crippen LogP contribution in [-0.4, -0.2) is 27.2 Å². The summed E-state index contributed by atoms with van der Waals surface area (Å²) in [6, 6.07) is 17.4. The van der Waals surface area contributed by atoms with Crippen LogP contribution in [0.25, 0.3) is 0 Å². The lowest BCUT2D eigenvalue weighted by Gasteiger charge is -2.23. The highest BCUT2D eigenvalue weighted by molar-refractivity contribution is 7.92. The van der Waals surface area contributed by atoms with Gasteiger partial charge in [-0.3, -0.25) is 9.10 Å². The molecule has 174 valence electrons. The monoisotopic (exact) mass is 474 g/mol. The lowest BCUT2D eigenvalue weighted by molar-refractivity contribution is -0.123. The Labute approximate surface area is 191 Å². The van der Waals surface area contributed by atoms with Crippen molar-refractivity contribution in [1.82, 2.24) is 5.32 Å². The molecule has 0 saturated carbocycles. The number of hydrogen-bond acceptors (Lipinski definition) is 4. The summed E-state index contributed by atoms with van der Waals surface area (Å²) in [7, 11) is -3.60. The molecule has 0 unspecified atom stereocenters. The fraction of sp³-hybridized carbons (Fsp3) is 0.208. The summed E-state index contributed by atoms with van der Waals surface area (Å²) < 4.78 is 57.4. The molecular weight excluding hydrogens is 450 g/mol. The Morgan fingerprint density at radius 1 is 0.939 bits per heavy atom. The van der Waals surface area contributed by atoms with Crippen LogP contribution in [0.4, 0.5) is 14.5 Å². The molecule has 9 heteroatoms. The van der Waals surface area contributed by atoms with E-state index in [1.807, 2.05) is 0 Å². The summed E-state index contributed by atoms with van der Waals surface area (Å²) in [6.45, 7) is 1.58. The molecule has 6 nitrogen and oxygen atoms in total. The van der Waals surface area contributed by atoms with E-state index in [1.54, 1.807) is 43.3 Å². The van der Waals surface area contributed by atoms with Crippen molar-refractivity contribution < 1.29 is 26.7 Å². The maximum absolute atomic E-state index is 13.1. The van der Waals surface area contributed by atoms with E-state index >= 15 is 0 Å². The molecule has 3 aromatic carbocycles. The number of carbonyl (C=O) groups is 1. The standard InChI is InChI=1S/C24H24F2N2O4S/c1-17(19-5-9-21(26)10-6-19)27-24(29)16-32-23-13-11-22(12-14-23)28(33(2,30)31)15-18-3-7-20(25)8-4-18/h3-14,17H,15-16H2,1-2H3,(H,27,29)/t17-/m0/s1. The zero-order valence-corrected chi connectivity index (χ0v) is 19.0. The average Bonchev–Trinajstić information content (AvgIpc) is 2.77. The second-order valence-corrected chi connectivity index (χ2v) is 9.43. The second-order valence-electron chi connectivity index (χ2n) is 7.52. The van der Waals surface area contributed by atoms with Crippen LogP contribution in [0.1, 0.15) is 24.1 Å². The molecule has 0 aliphatic heterocycles. The molecule has 0 spiro atoms. The number of halogens is 2. The van der Waals surface area contributed by atoms with Gasteiger partial charge < -0.3 is 10.1 Å². The van der Waals surface area contributed by atoms with E-state index in [-0.39, 0.29) is 30.9 Å². The molecule has 33 heavy (non-hydrogen) atoms. The van der Waals surface area contributed by atoms with Crippen molar-refractivity contribution in [2.45, 2.75) is 19.5 Å². The maximum atomic E-state index is 13.1. The SMILES string of the molecule is C[C@H](NC(=O)COc1ccc(N(Cc2ccc(F)cc2)S(C)(=O)=O)cc1)c1ccc(F)cc1. The van der Waals surface area contributed by atoms with Gasteiger partial charge in [-0.2, -0.15) is 0 Å². The molecule has 1 atom stereocenters. The van der Waals surface area contributed by atoms with Crippen molar-refractivity contribution in [3.8, 4) is 5.75 Å². The summed E-state index contributed by atoms with van der Waals surface area (Å²) in [5, 5.41) is 2.77. The molecule has 0 saturated heterocycles. The first-order valence-corrected chi connectivity index (χ1v) is 12.0. The number of hydrogen-bond donors (Lipinski definition) is 1. The lowest BCUT2D eigenvalue weighted by atomic mass is 10.1. The number of nitrogens with one attached hydrogen (secondary N) is 1. The highest BCUT2D eigenvalue weighted by Gasteiger charge is 2.18. The van der Waals surface area contributed by atoms with E-state index in [1.165, 1.54) is 40.7 Å². The molecule has 0 aliphatic rings. The summed E-state index contributed by atoms with van der Waals surface area (Å²) in [5.74, 6) is -0.720. The Morgan fingerprint density at radius 3 is 2.03 bits per heavy atom. The minimum Gasteiger partial charge on any atom is -0.484 e. The van der Waals surface area contributed by atoms with E-state index < -0.39 is 15.8 Å². The van der Waals surface area contributed by atoms with Crippen molar-refractivity contribution in [2.75, 3.05) is 17.2 Å². The summed E-state index contributed by atoms with van der Waals surface area (Å²) in [6.07, 6.45) is 1.09. The van der Waals surface area contributed by atoms with Gasteiger partial charge >= 0.3 is 0 Å². The van der Waals surface area contributed by atoms with Crippen molar-refractivity contribution in [3.63, 3.8) is 0 Å². The van der Waals surface area contributed by atoms with Gasteiger partial charge in [-0.05, 0) is 66.6 Å². The molecule has 0 aromatic heterocycles. The molecule has 3 rings (SSSR count). The number of nitrogens with zero attached hydrogens (tertiary/aromatic N) is 1. The highest BCUT2D eigenvalue weighted by atomic mass is 32.2. The number of anilines is 1. The predicted octanol–water partition coefficient (Wildman–Crippen LogP) is 4.19. The van der Waals surface area contributed by atoms with Crippen LogP contribution in [0.3, 0.4) is 0 Å². The minimum absolute atomic E-state index is 0.0446. The Morgan fingerprint density at radius 2 is 1.48 bits per heavy atom. The molecule has 0 bridgehead atoms. The minimum atomic E-state index is -3.60. The van der Waals surface area contributed by atoms with Crippen LogP contribution in [-0.2, 0) is 21.4 Å². The fourth-order valence-corrected chi connectivity index (χ4v) is 4.02. The van der Waals surface area contributed by atoms with Crippen molar-refractivity contribution >= 4 is 21.6 Å². The van der Waals surface area contributed by atoms with Gasteiger partial charge in [0.05, 0.1) is 24.5 Å². The van der Waals surface area contributed by atoms with Crippen molar-refractivity contribution in [1.29, 1.82) is 0 Å². The van der Waals surface area contributed by atoms with E-state index in [9.17, 15) is 22.0 Å². The molecule has 3 aromatic rings.